The Labute approximate surface area is 250 Å². The standard InChI is InChI=1S/C42H36/c1-5-6-7-13-28(2)29-20-22-31(23-21-29)33-24-25-35(34-18-12-15-30-14-8-9-16-32(30)34)37-26-39-36-17-10-11-19-40(36)42(3,4)41(39)27-38(33)37/h5-25,27,39H,2,26H2,1,3-4H3/b6-5-,13-7-. The smallest absolute Gasteiger partial charge is 0.0118 e. The van der Waals surface area contributed by atoms with Crippen LogP contribution in [0.25, 0.3) is 44.7 Å². The van der Waals surface area contributed by atoms with Crippen molar-refractivity contribution in [2.45, 2.75) is 38.5 Å². The summed E-state index contributed by atoms with van der Waals surface area (Å²) >= 11 is 0. The minimum Gasteiger partial charge on any atom is -0.0912 e. The van der Waals surface area contributed by atoms with Crippen molar-refractivity contribution in [2.75, 3.05) is 0 Å². The number of rotatable bonds is 5. The molecule has 0 N–H and O–H groups in total. The summed E-state index contributed by atoms with van der Waals surface area (Å²) in [6.45, 7) is 11.1. The molecule has 0 spiro atoms. The van der Waals surface area contributed by atoms with Gasteiger partial charge < -0.3 is 0 Å². The Morgan fingerprint density at radius 2 is 1.50 bits per heavy atom. The Morgan fingerprint density at radius 1 is 0.762 bits per heavy atom. The summed E-state index contributed by atoms with van der Waals surface area (Å²) in [5.41, 5.74) is 14.7. The molecule has 1 unspecified atom stereocenters. The van der Waals surface area contributed by atoms with E-state index < -0.39 is 0 Å². The summed E-state index contributed by atoms with van der Waals surface area (Å²) in [5.74, 6) is 0.405. The highest BCUT2D eigenvalue weighted by Gasteiger charge is 2.43. The zero-order chi connectivity index (χ0) is 28.8. The quantitative estimate of drug-likeness (QED) is 0.194. The maximum Gasteiger partial charge on any atom is 0.0118 e. The Bertz CT molecular complexity index is 1930. The fourth-order valence-electron chi connectivity index (χ4n) is 7.25. The van der Waals surface area contributed by atoms with E-state index in [0.717, 1.165) is 17.6 Å². The highest BCUT2D eigenvalue weighted by Crippen LogP contribution is 2.56. The van der Waals surface area contributed by atoms with Gasteiger partial charge in [0.1, 0.15) is 0 Å². The second kappa shape index (κ2) is 10.3. The molecule has 0 radical (unpaired) electrons. The summed E-state index contributed by atoms with van der Waals surface area (Å²) in [4.78, 5) is 0. The zero-order valence-electron chi connectivity index (χ0n) is 24.7. The van der Waals surface area contributed by atoms with E-state index in [0.29, 0.717) is 5.92 Å². The van der Waals surface area contributed by atoms with E-state index in [2.05, 4.69) is 136 Å². The molecule has 0 fully saturated rings. The second-order valence-corrected chi connectivity index (χ2v) is 12.1. The SMILES string of the molecule is C=C(/C=C\C=C/C)c1ccc(-c2ccc(-c3cccc4ccccc34)c3c2C=C2C(C3)c3ccccc3C2(C)C)cc1. The molecule has 1 atom stereocenters. The number of hydrogen-bond donors (Lipinski definition) is 0. The van der Waals surface area contributed by atoms with Gasteiger partial charge in [0.2, 0.25) is 0 Å². The van der Waals surface area contributed by atoms with Crippen LogP contribution in [0.5, 0.6) is 0 Å². The van der Waals surface area contributed by atoms with Gasteiger partial charge in [0.05, 0.1) is 0 Å². The molecule has 0 aliphatic heterocycles. The third kappa shape index (κ3) is 4.22. The Hall–Kier alpha value is -4.68. The van der Waals surface area contributed by atoms with Gasteiger partial charge in [-0.05, 0) is 79.8 Å². The third-order valence-corrected chi connectivity index (χ3v) is 9.42. The first kappa shape index (κ1) is 26.2. The van der Waals surface area contributed by atoms with Crippen LogP contribution in [0.4, 0.5) is 0 Å². The van der Waals surface area contributed by atoms with Crippen LogP contribution in [0.2, 0.25) is 0 Å². The summed E-state index contributed by atoms with van der Waals surface area (Å²) in [6.07, 6.45) is 11.7. The van der Waals surface area contributed by atoms with Crippen molar-refractivity contribution in [1.29, 1.82) is 0 Å². The summed E-state index contributed by atoms with van der Waals surface area (Å²) in [5, 5.41) is 2.59. The molecular formula is C42H36. The number of benzene rings is 5. The van der Waals surface area contributed by atoms with Crippen molar-refractivity contribution in [3.63, 3.8) is 0 Å². The van der Waals surface area contributed by atoms with Crippen molar-refractivity contribution in [3.05, 3.63) is 167 Å². The second-order valence-electron chi connectivity index (χ2n) is 12.1. The van der Waals surface area contributed by atoms with Crippen LogP contribution in [0.15, 0.2) is 140 Å². The van der Waals surface area contributed by atoms with E-state index in [1.807, 2.05) is 25.2 Å². The van der Waals surface area contributed by atoms with E-state index >= 15 is 0 Å². The molecule has 0 saturated carbocycles. The number of hydrogen-bond acceptors (Lipinski definition) is 0. The average molecular weight is 541 g/mol. The van der Waals surface area contributed by atoms with E-state index in [1.54, 1.807) is 0 Å². The first-order valence-corrected chi connectivity index (χ1v) is 15.0. The number of allylic oxidation sites excluding steroid dienone is 6. The molecule has 0 aromatic heterocycles. The Balaban J connectivity index is 1.42. The van der Waals surface area contributed by atoms with Crippen molar-refractivity contribution in [2.24, 2.45) is 0 Å². The monoisotopic (exact) mass is 540 g/mol. The zero-order valence-corrected chi connectivity index (χ0v) is 24.7. The maximum atomic E-state index is 4.28. The van der Waals surface area contributed by atoms with Gasteiger partial charge in [0, 0.05) is 11.3 Å². The van der Waals surface area contributed by atoms with Crippen LogP contribution in [0.1, 0.15) is 54.5 Å². The third-order valence-electron chi connectivity index (χ3n) is 9.42. The topological polar surface area (TPSA) is 0 Å². The predicted molar refractivity (Wildman–Crippen MR) is 182 cm³/mol. The lowest BCUT2D eigenvalue weighted by Crippen LogP contribution is -2.20. The molecular weight excluding hydrogens is 504 g/mol. The molecule has 0 bridgehead atoms. The normalized spacial score (nSPS) is 16.8. The molecule has 0 amide bonds. The van der Waals surface area contributed by atoms with Crippen LogP contribution in [-0.2, 0) is 11.8 Å². The Kier molecular flexibility index (Phi) is 6.43. The van der Waals surface area contributed by atoms with Gasteiger partial charge in [0.25, 0.3) is 0 Å². The van der Waals surface area contributed by atoms with Gasteiger partial charge in [0.15, 0.2) is 0 Å². The average Bonchev–Trinajstić information content (AvgIpc) is 3.25. The van der Waals surface area contributed by atoms with Gasteiger partial charge in [-0.2, -0.15) is 0 Å². The molecule has 0 heterocycles. The Morgan fingerprint density at radius 3 is 2.33 bits per heavy atom. The maximum absolute atomic E-state index is 4.28. The van der Waals surface area contributed by atoms with Crippen LogP contribution in [0.3, 0.4) is 0 Å². The lowest BCUT2D eigenvalue weighted by Gasteiger charge is -2.31. The molecule has 0 heteroatoms. The summed E-state index contributed by atoms with van der Waals surface area (Å²) < 4.78 is 0. The van der Waals surface area contributed by atoms with Crippen LogP contribution < -0.4 is 0 Å². The van der Waals surface area contributed by atoms with Crippen LogP contribution in [-0.4, -0.2) is 0 Å². The van der Waals surface area contributed by atoms with Gasteiger partial charge >= 0.3 is 0 Å². The van der Waals surface area contributed by atoms with E-state index in [-0.39, 0.29) is 5.41 Å². The lowest BCUT2D eigenvalue weighted by molar-refractivity contribution is 0.614. The predicted octanol–water partition coefficient (Wildman–Crippen LogP) is 11.3. The fourth-order valence-corrected chi connectivity index (χ4v) is 7.25. The highest BCUT2D eigenvalue weighted by molar-refractivity contribution is 5.99. The van der Waals surface area contributed by atoms with Crippen LogP contribution >= 0.6 is 0 Å². The van der Waals surface area contributed by atoms with E-state index in [1.165, 1.54) is 60.9 Å². The molecule has 2 aliphatic carbocycles. The van der Waals surface area contributed by atoms with E-state index in [4.69, 9.17) is 0 Å². The van der Waals surface area contributed by atoms with Crippen molar-refractivity contribution >= 4 is 22.4 Å². The minimum atomic E-state index is 0.00649. The lowest BCUT2D eigenvalue weighted by atomic mass is 9.72. The summed E-state index contributed by atoms with van der Waals surface area (Å²) in [6, 6.07) is 38.2. The van der Waals surface area contributed by atoms with Gasteiger partial charge in [-0.15, -0.1) is 0 Å². The number of fused-ring (bicyclic) bond motifs is 5. The van der Waals surface area contributed by atoms with Gasteiger partial charge in [-0.1, -0.05) is 160 Å². The molecule has 7 rings (SSSR count). The first-order chi connectivity index (χ1) is 20.5. The summed E-state index contributed by atoms with van der Waals surface area (Å²) in [7, 11) is 0. The first-order valence-electron chi connectivity index (χ1n) is 15.0. The molecule has 0 saturated heterocycles. The molecule has 5 aromatic rings. The van der Waals surface area contributed by atoms with E-state index in [9.17, 15) is 0 Å². The molecule has 2 aliphatic rings. The van der Waals surface area contributed by atoms with Crippen molar-refractivity contribution in [1.82, 2.24) is 0 Å². The van der Waals surface area contributed by atoms with Gasteiger partial charge in [-0.25, -0.2) is 0 Å². The minimum absolute atomic E-state index is 0.00649. The molecule has 204 valence electrons. The molecule has 0 nitrogen and oxygen atoms in total. The van der Waals surface area contributed by atoms with Crippen molar-refractivity contribution in [3.8, 4) is 22.3 Å². The largest absolute Gasteiger partial charge is 0.0912 e. The molecule has 5 aromatic carbocycles. The van der Waals surface area contributed by atoms with Crippen molar-refractivity contribution < 1.29 is 0 Å². The molecule has 42 heavy (non-hydrogen) atoms. The van der Waals surface area contributed by atoms with Gasteiger partial charge in [-0.3, -0.25) is 0 Å². The fraction of sp³-hybridized carbons (Fsp3) is 0.143. The van der Waals surface area contributed by atoms with Crippen LogP contribution in [0, 0.1) is 0 Å². The highest BCUT2D eigenvalue weighted by atomic mass is 14.5.